The number of nitrogens with zero attached hydrogens (tertiary/aromatic N) is 4. The van der Waals surface area contributed by atoms with Crippen molar-refractivity contribution in [2.45, 2.75) is 13.0 Å². The van der Waals surface area contributed by atoms with Crippen molar-refractivity contribution in [3.05, 3.63) is 96.4 Å². The van der Waals surface area contributed by atoms with E-state index in [1.807, 2.05) is 41.8 Å². The highest BCUT2D eigenvalue weighted by molar-refractivity contribution is 6.08. The Morgan fingerprint density at radius 1 is 1.29 bits per heavy atom. The zero-order chi connectivity index (χ0) is 24.8. The van der Waals surface area contributed by atoms with Gasteiger partial charge < -0.3 is 10.1 Å². The van der Waals surface area contributed by atoms with Gasteiger partial charge >= 0.3 is 0 Å². The second kappa shape index (κ2) is 11.0. The number of morpholine rings is 1. The minimum atomic E-state index is -0.183. The third-order valence-electron chi connectivity index (χ3n) is 6.29. The van der Waals surface area contributed by atoms with Gasteiger partial charge in [-0.05, 0) is 36.3 Å². The molecule has 1 unspecified atom stereocenters. The molecule has 178 valence electrons. The molecule has 4 rings (SSSR count). The Hall–Kier alpha value is -3.99. The summed E-state index contributed by atoms with van der Waals surface area (Å²) in [7, 11) is 0. The molecule has 1 atom stereocenters. The first-order chi connectivity index (χ1) is 17.1. The zero-order valence-electron chi connectivity index (χ0n) is 19.9. The number of ether oxygens (including phenoxy) is 1. The van der Waals surface area contributed by atoms with Crippen molar-refractivity contribution >= 4 is 16.8 Å². The number of pyridine rings is 1. The smallest absolute Gasteiger partial charge is 0.253 e. The van der Waals surface area contributed by atoms with Crippen LogP contribution in [-0.4, -0.2) is 59.2 Å². The molecule has 0 aliphatic carbocycles. The topological polar surface area (TPSA) is 83.2 Å². The number of fused-ring (bicyclic) bond motifs is 1. The fourth-order valence-corrected chi connectivity index (χ4v) is 4.57. The molecular weight excluding hydrogens is 438 g/mol. The van der Waals surface area contributed by atoms with Gasteiger partial charge in [0.2, 0.25) is 0 Å². The maximum absolute atomic E-state index is 13.5. The molecule has 1 aliphatic rings. The van der Waals surface area contributed by atoms with Gasteiger partial charge in [-0.15, -0.1) is 0 Å². The van der Waals surface area contributed by atoms with Gasteiger partial charge in [-0.2, -0.15) is 5.26 Å². The number of carbonyl (C=O) groups excluding carboxylic acids is 1. The maximum atomic E-state index is 13.5. The van der Waals surface area contributed by atoms with Crippen LogP contribution in [0, 0.1) is 18.3 Å². The molecule has 1 aliphatic heterocycles. The first-order valence-corrected chi connectivity index (χ1v) is 11.6. The number of benzene rings is 1. The minimum Gasteiger partial charge on any atom is -0.379 e. The Balaban J connectivity index is 1.69. The molecule has 0 bridgehead atoms. The van der Waals surface area contributed by atoms with Crippen molar-refractivity contribution in [3.8, 4) is 11.9 Å². The Labute approximate surface area is 205 Å². The Morgan fingerprint density at radius 2 is 2.09 bits per heavy atom. The van der Waals surface area contributed by atoms with Crippen molar-refractivity contribution in [1.29, 1.82) is 5.26 Å². The molecule has 1 fully saturated rings. The summed E-state index contributed by atoms with van der Waals surface area (Å²) in [5.41, 5.74) is 3.78. The third kappa shape index (κ3) is 4.94. The van der Waals surface area contributed by atoms with Crippen LogP contribution in [0.15, 0.2) is 79.7 Å². The van der Waals surface area contributed by atoms with E-state index in [-0.39, 0.29) is 11.9 Å². The number of rotatable bonds is 8. The van der Waals surface area contributed by atoms with Crippen LogP contribution in [0.25, 0.3) is 16.7 Å². The lowest BCUT2D eigenvalue weighted by atomic mass is 10.0. The highest BCUT2D eigenvalue weighted by atomic mass is 16.5. The largest absolute Gasteiger partial charge is 0.379 e. The lowest BCUT2D eigenvalue weighted by Crippen LogP contribution is -2.49. The quantitative estimate of drug-likeness (QED) is 0.508. The first kappa shape index (κ1) is 24.1. The Bertz CT molecular complexity index is 1320. The number of hydrogen-bond acceptors (Lipinski definition) is 5. The molecule has 7 heteroatoms. The molecule has 3 heterocycles. The summed E-state index contributed by atoms with van der Waals surface area (Å²) in [6, 6.07) is 11.5. The van der Waals surface area contributed by atoms with Gasteiger partial charge in [0.15, 0.2) is 5.82 Å². The van der Waals surface area contributed by atoms with Gasteiger partial charge in [-0.25, -0.2) is 4.98 Å². The lowest BCUT2D eigenvalue weighted by Gasteiger charge is -2.35. The molecule has 0 saturated carbocycles. The van der Waals surface area contributed by atoms with Crippen molar-refractivity contribution < 1.29 is 9.53 Å². The number of carbonyl (C=O) groups is 1. The van der Waals surface area contributed by atoms with E-state index in [1.165, 1.54) is 0 Å². The van der Waals surface area contributed by atoms with Crippen LogP contribution < -0.4 is 5.32 Å². The number of allylic oxidation sites excluding steroid dienone is 2. The molecule has 1 saturated heterocycles. The van der Waals surface area contributed by atoms with Crippen molar-refractivity contribution in [1.82, 2.24) is 19.8 Å². The zero-order valence-corrected chi connectivity index (χ0v) is 19.9. The second-order valence-corrected chi connectivity index (χ2v) is 8.35. The Morgan fingerprint density at radius 3 is 2.80 bits per heavy atom. The summed E-state index contributed by atoms with van der Waals surface area (Å²) in [4.78, 5) is 20.3. The predicted molar refractivity (Wildman–Crippen MR) is 138 cm³/mol. The molecule has 1 amide bonds. The first-order valence-electron chi connectivity index (χ1n) is 11.6. The molecule has 1 N–H and O–H groups in total. The molecule has 0 spiro atoms. The van der Waals surface area contributed by atoms with Gasteiger partial charge in [0.25, 0.3) is 5.91 Å². The number of aromatic nitrogens is 2. The van der Waals surface area contributed by atoms with Crippen molar-refractivity contribution in [3.63, 3.8) is 0 Å². The Kier molecular flexibility index (Phi) is 7.56. The summed E-state index contributed by atoms with van der Waals surface area (Å²) in [5, 5.41) is 13.6. The van der Waals surface area contributed by atoms with E-state index in [2.05, 4.69) is 34.4 Å². The molecular formula is C28H29N5O2. The van der Waals surface area contributed by atoms with E-state index in [9.17, 15) is 10.1 Å². The third-order valence-corrected chi connectivity index (χ3v) is 6.29. The fraction of sp³-hybridized carbons (Fsp3) is 0.250. The number of nitriles is 1. The van der Waals surface area contributed by atoms with Crippen LogP contribution in [0.4, 0.5) is 0 Å². The van der Waals surface area contributed by atoms with Gasteiger partial charge in [0.05, 0.1) is 35.9 Å². The molecule has 1 aromatic carbocycles. The minimum absolute atomic E-state index is 0.0474. The lowest BCUT2D eigenvalue weighted by molar-refractivity contribution is 0.0243. The van der Waals surface area contributed by atoms with Crippen LogP contribution in [0.2, 0.25) is 0 Å². The molecule has 3 aromatic rings. The molecule has 35 heavy (non-hydrogen) atoms. The molecule has 7 nitrogen and oxygen atoms in total. The van der Waals surface area contributed by atoms with E-state index in [0.717, 1.165) is 35.1 Å². The van der Waals surface area contributed by atoms with Crippen molar-refractivity contribution in [2.75, 3.05) is 32.8 Å². The molecule has 2 aromatic heterocycles. The summed E-state index contributed by atoms with van der Waals surface area (Å²) in [6.45, 7) is 13.0. The highest BCUT2D eigenvalue weighted by Gasteiger charge is 2.25. The van der Waals surface area contributed by atoms with Crippen molar-refractivity contribution in [2.24, 2.45) is 0 Å². The van der Waals surface area contributed by atoms with Gasteiger partial charge in [-0.3, -0.25) is 14.3 Å². The highest BCUT2D eigenvalue weighted by Crippen LogP contribution is 2.28. The van der Waals surface area contributed by atoms with E-state index >= 15 is 0 Å². The summed E-state index contributed by atoms with van der Waals surface area (Å²) >= 11 is 0. The van der Waals surface area contributed by atoms with Gasteiger partial charge in [0.1, 0.15) is 6.07 Å². The average molecular weight is 468 g/mol. The predicted octanol–water partition coefficient (Wildman–Crippen LogP) is 3.93. The number of amides is 1. The average Bonchev–Trinajstić information content (AvgIpc) is 3.29. The standard InChI is InChI=1S/C28H29N5O2/c1-4-8-21(5-2)25(32-13-15-35-16-14-32)18-31-28(34)23-19-33(24-11-6-9-20(3)26(23)24)27-22(17-29)10-7-12-30-27/h4-12,19,25H,1-2,13-16,18H2,3H3,(H,31,34). The number of aryl methyl sites for hydroxylation is 1. The monoisotopic (exact) mass is 467 g/mol. The van der Waals surface area contributed by atoms with Crippen LogP contribution >= 0.6 is 0 Å². The number of hydrogen-bond donors (Lipinski definition) is 1. The summed E-state index contributed by atoms with van der Waals surface area (Å²) in [5.74, 6) is 0.316. The second-order valence-electron chi connectivity index (χ2n) is 8.35. The van der Waals surface area contributed by atoms with Crippen LogP contribution in [-0.2, 0) is 4.74 Å². The van der Waals surface area contributed by atoms with E-state index < -0.39 is 0 Å². The fourth-order valence-electron chi connectivity index (χ4n) is 4.57. The van der Waals surface area contributed by atoms with Gasteiger partial charge in [-0.1, -0.05) is 43.5 Å². The van der Waals surface area contributed by atoms with E-state index in [1.54, 1.807) is 30.6 Å². The molecule has 0 radical (unpaired) electrons. The summed E-state index contributed by atoms with van der Waals surface area (Å²) < 4.78 is 7.34. The van der Waals surface area contributed by atoms with Crippen LogP contribution in [0.1, 0.15) is 21.5 Å². The van der Waals surface area contributed by atoms with Crippen LogP contribution in [0.3, 0.4) is 0 Å². The number of nitrogens with one attached hydrogen (secondary N) is 1. The van der Waals surface area contributed by atoms with Gasteiger partial charge in [0, 0.05) is 37.4 Å². The normalized spacial score (nSPS) is 15.4. The van der Waals surface area contributed by atoms with E-state index in [0.29, 0.717) is 36.7 Å². The summed E-state index contributed by atoms with van der Waals surface area (Å²) in [6.07, 6.45) is 8.90. The van der Waals surface area contributed by atoms with Crippen LogP contribution in [0.5, 0.6) is 0 Å². The SMILES string of the molecule is C=CC=C(C=C)C(CNC(=O)c1cn(-c2ncccc2C#N)c2cccc(C)c12)N1CCOCC1. The van der Waals surface area contributed by atoms with E-state index in [4.69, 9.17) is 4.74 Å². The maximum Gasteiger partial charge on any atom is 0.253 e.